The van der Waals surface area contributed by atoms with Gasteiger partial charge < -0.3 is 15.2 Å². The Hall–Kier alpha value is -0.650. The molecule has 124 valence electrons. The van der Waals surface area contributed by atoms with E-state index < -0.39 is 5.54 Å². The standard InChI is InChI=1S/C16H32N2O3/c1-14(2)11-18(12-15(3,4)21-14)10-8-7-9-16(5,17)13(19)20-6/h7-12,17H2,1-6H3. The average molecular weight is 300 g/mol. The highest BCUT2D eigenvalue weighted by atomic mass is 16.5. The molecule has 1 rings (SSSR count). The zero-order valence-corrected chi connectivity index (χ0v) is 14.5. The van der Waals surface area contributed by atoms with Crippen LogP contribution in [0.1, 0.15) is 53.9 Å². The Labute approximate surface area is 129 Å². The maximum Gasteiger partial charge on any atom is 0.325 e. The number of nitrogens with zero attached hydrogens (tertiary/aromatic N) is 1. The van der Waals surface area contributed by atoms with E-state index in [1.807, 2.05) is 0 Å². The van der Waals surface area contributed by atoms with E-state index in [4.69, 9.17) is 15.2 Å². The van der Waals surface area contributed by atoms with Crippen molar-refractivity contribution in [3.8, 4) is 0 Å². The van der Waals surface area contributed by atoms with Gasteiger partial charge in [0.15, 0.2) is 0 Å². The van der Waals surface area contributed by atoms with Crippen molar-refractivity contribution in [1.29, 1.82) is 0 Å². The summed E-state index contributed by atoms with van der Waals surface area (Å²) in [6.45, 7) is 13.2. The lowest BCUT2D eigenvalue weighted by Gasteiger charge is -2.47. The first-order valence-electron chi connectivity index (χ1n) is 7.77. The molecule has 21 heavy (non-hydrogen) atoms. The van der Waals surface area contributed by atoms with Crippen molar-refractivity contribution in [3.05, 3.63) is 0 Å². The SMILES string of the molecule is COC(=O)C(C)(N)CCCCN1CC(C)(C)OC(C)(C)C1. The fraction of sp³-hybridized carbons (Fsp3) is 0.938. The van der Waals surface area contributed by atoms with Crippen LogP contribution in [0.3, 0.4) is 0 Å². The summed E-state index contributed by atoms with van der Waals surface area (Å²) >= 11 is 0. The van der Waals surface area contributed by atoms with Crippen molar-refractivity contribution in [3.63, 3.8) is 0 Å². The molecule has 1 aliphatic heterocycles. The zero-order chi connectivity index (χ0) is 16.3. The van der Waals surface area contributed by atoms with Gasteiger partial charge in [-0.1, -0.05) is 0 Å². The highest BCUT2D eigenvalue weighted by molar-refractivity contribution is 5.79. The molecule has 1 saturated heterocycles. The quantitative estimate of drug-likeness (QED) is 0.600. The number of rotatable bonds is 6. The van der Waals surface area contributed by atoms with Gasteiger partial charge in [0.05, 0.1) is 18.3 Å². The third-order valence-corrected chi connectivity index (χ3v) is 3.83. The van der Waals surface area contributed by atoms with E-state index in [1.165, 1.54) is 7.11 Å². The van der Waals surface area contributed by atoms with Crippen LogP contribution in [0.4, 0.5) is 0 Å². The lowest BCUT2D eigenvalue weighted by molar-refractivity contribution is -0.180. The van der Waals surface area contributed by atoms with Crippen molar-refractivity contribution in [2.75, 3.05) is 26.7 Å². The fourth-order valence-corrected chi connectivity index (χ4v) is 3.27. The van der Waals surface area contributed by atoms with Crippen molar-refractivity contribution in [2.24, 2.45) is 5.73 Å². The number of carbonyl (C=O) groups is 1. The molecule has 0 aromatic heterocycles. The summed E-state index contributed by atoms with van der Waals surface area (Å²) < 4.78 is 10.8. The van der Waals surface area contributed by atoms with Gasteiger partial charge in [-0.25, -0.2) is 0 Å². The Kier molecular flexibility index (Phi) is 5.81. The number of hydrogen-bond acceptors (Lipinski definition) is 5. The van der Waals surface area contributed by atoms with E-state index in [1.54, 1.807) is 6.92 Å². The van der Waals surface area contributed by atoms with Gasteiger partial charge in [0.25, 0.3) is 0 Å². The Morgan fingerprint density at radius 1 is 1.24 bits per heavy atom. The molecule has 1 heterocycles. The summed E-state index contributed by atoms with van der Waals surface area (Å²) in [5, 5.41) is 0. The van der Waals surface area contributed by atoms with E-state index in [0.717, 1.165) is 32.5 Å². The number of unbranched alkanes of at least 4 members (excludes halogenated alkanes) is 1. The Bertz CT molecular complexity index is 349. The number of ether oxygens (including phenoxy) is 2. The average Bonchev–Trinajstić information content (AvgIpc) is 2.29. The van der Waals surface area contributed by atoms with Crippen LogP contribution >= 0.6 is 0 Å². The minimum atomic E-state index is -0.877. The van der Waals surface area contributed by atoms with Gasteiger partial charge in [0, 0.05) is 13.1 Å². The van der Waals surface area contributed by atoms with Gasteiger partial charge in [0.2, 0.25) is 0 Å². The first-order chi connectivity index (χ1) is 9.47. The molecule has 0 radical (unpaired) electrons. The smallest absolute Gasteiger partial charge is 0.325 e. The highest BCUT2D eigenvalue weighted by Gasteiger charge is 2.37. The third kappa shape index (κ3) is 5.93. The van der Waals surface area contributed by atoms with Gasteiger partial charge in [-0.3, -0.25) is 9.69 Å². The number of esters is 1. The van der Waals surface area contributed by atoms with Gasteiger partial charge in [-0.15, -0.1) is 0 Å². The van der Waals surface area contributed by atoms with E-state index in [0.29, 0.717) is 6.42 Å². The maximum absolute atomic E-state index is 11.5. The summed E-state index contributed by atoms with van der Waals surface area (Å²) in [4.78, 5) is 14.0. The monoisotopic (exact) mass is 300 g/mol. The number of morpholine rings is 1. The van der Waals surface area contributed by atoms with Crippen molar-refractivity contribution < 1.29 is 14.3 Å². The first kappa shape index (κ1) is 18.4. The van der Waals surface area contributed by atoms with Gasteiger partial charge >= 0.3 is 5.97 Å². The summed E-state index contributed by atoms with van der Waals surface area (Å²) in [6.07, 6.45) is 2.59. The molecule has 1 aliphatic rings. The maximum atomic E-state index is 11.5. The molecule has 1 unspecified atom stereocenters. The number of methoxy groups -OCH3 is 1. The second-order valence-electron chi connectivity index (χ2n) is 7.70. The second-order valence-corrected chi connectivity index (χ2v) is 7.70. The molecule has 0 spiro atoms. The van der Waals surface area contributed by atoms with Crippen LogP contribution in [0.2, 0.25) is 0 Å². The van der Waals surface area contributed by atoms with Crippen LogP contribution in [0.15, 0.2) is 0 Å². The predicted octanol–water partition coefficient (Wildman–Crippen LogP) is 1.94. The van der Waals surface area contributed by atoms with E-state index in [-0.39, 0.29) is 17.2 Å². The molecule has 5 nitrogen and oxygen atoms in total. The molecule has 1 atom stereocenters. The molecule has 0 bridgehead atoms. The third-order valence-electron chi connectivity index (χ3n) is 3.83. The van der Waals surface area contributed by atoms with Crippen molar-refractivity contribution in [1.82, 2.24) is 4.90 Å². The molecule has 0 saturated carbocycles. The second kappa shape index (κ2) is 6.63. The largest absolute Gasteiger partial charge is 0.468 e. The Morgan fingerprint density at radius 3 is 2.24 bits per heavy atom. The zero-order valence-electron chi connectivity index (χ0n) is 14.5. The van der Waals surface area contributed by atoms with Crippen LogP contribution in [0, 0.1) is 0 Å². The lowest BCUT2D eigenvalue weighted by Crippen LogP contribution is -2.57. The normalized spacial score (nSPS) is 24.3. The molecular formula is C16H32N2O3. The van der Waals surface area contributed by atoms with Crippen molar-refractivity contribution in [2.45, 2.75) is 70.6 Å². The van der Waals surface area contributed by atoms with Crippen LogP contribution in [0.5, 0.6) is 0 Å². The molecule has 5 heteroatoms. The summed E-state index contributed by atoms with van der Waals surface area (Å²) in [7, 11) is 1.38. The Morgan fingerprint density at radius 2 is 1.76 bits per heavy atom. The van der Waals surface area contributed by atoms with E-state index in [2.05, 4.69) is 32.6 Å². The van der Waals surface area contributed by atoms with Gasteiger partial charge in [-0.2, -0.15) is 0 Å². The summed E-state index contributed by atoms with van der Waals surface area (Å²) in [5.41, 5.74) is 4.86. The molecule has 1 fully saturated rings. The van der Waals surface area contributed by atoms with Crippen molar-refractivity contribution >= 4 is 5.97 Å². The molecular weight excluding hydrogens is 268 g/mol. The number of nitrogens with two attached hydrogens (primary N) is 1. The van der Waals surface area contributed by atoms with Crippen LogP contribution < -0.4 is 5.73 Å². The molecule has 2 N–H and O–H groups in total. The highest BCUT2D eigenvalue weighted by Crippen LogP contribution is 2.28. The molecule has 0 aliphatic carbocycles. The lowest BCUT2D eigenvalue weighted by atomic mass is 9.95. The van der Waals surface area contributed by atoms with Gasteiger partial charge in [-0.05, 0) is 60.4 Å². The van der Waals surface area contributed by atoms with E-state index >= 15 is 0 Å². The number of hydrogen-bond donors (Lipinski definition) is 1. The number of carbonyl (C=O) groups excluding carboxylic acids is 1. The van der Waals surface area contributed by atoms with Crippen LogP contribution in [-0.4, -0.2) is 54.4 Å². The minimum absolute atomic E-state index is 0.115. The Balaban J connectivity index is 2.37. The summed E-state index contributed by atoms with van der Waals surface area (Å²) in [6, 6.07) is 0. The van der Waals surface area contributed by atoms with Gasteiger partial charge in [0.1, 0.15) is 5.54 Å². The molecule has 0 amide bonds. The minimum Gasteiger partial charge on any atom is -0.468 e. The molecule has 0 aromatic rings. The van der Waals surface area contributed by atoms with Crippen LogP contribution in [0.25, 0.3) is 0 Å². The van der Waals surface area contributed by atoms with Crippen LogP contribution in [-0.2, 0) is 14.3 Å². The predicted molar refractivity (Wildman–Crippen MR) is 84.1 cm³/mol. The van der Waals surface area contributed by atoms with E-state index in [9.17, 15) is 4.79 Å². The topological polar surface area (TPSA) is 64.8 Å². The molecule has 0 aromatic carbocycles. The fourth-order valence-electron chi connectivity index (χ4n) is 3.27. The summed E-state index contributed by atoms with van der Waals surface area (Å²) in [5.74, 6) is -0.337. The first-order valence-corrected chi connectivity index (χ1v) is 7.77.